The molecule has 0 aromatic rings. The van der Waals surface area contributed by atoms with Crippen LogP contribution in [-0.4, -0.2) is 49.4 Å². The van der Waals surface area contributed by atoms with Gasteiger partial charge in [-0.25, -0.2) is 8.42 Å². The minimum Gasteiger partial charge on any atom is -0.338 e. The van der Waals surface area contributed by atoms with Crippen LogP contribution in [0.5, 0.6) is 0 Å². The second kappa shape index (κ2) is 6.65. The van der Waals surface area contributed by atoms with E-state index in [4.69, 9.17) is 5.73 Å². The second-order valence-electron chi connectivity index (χ2n) is 7.19. The van der Waals surface area contributed by atoms with Crippen LogP contribution < -0.4 is 5.73 Å². The van der Waals surface area contributed by atoms with Crippen molar-refractivity contribution in [2.45, 2.75) is 51.1 Å². The molecule has 2 aliphatic carbocycles. The van der Waals surface area contributed by atoms with Crippen LogP contribution in [0.15, 0.2) is 0 Å². The van der Waals surface area contributed by atoms with Crippen molar-refractivity contribution in [3.8, 4) is 0 Å². The Balaban J connectivity index is 0.00000176. The van der Waals surface area contributed by atoms with E-state index in [1.165, 1.54) is 6.42 Å². The van der Waals surface area contributed by atoms with Crippen molar-refractivity contribution in [3.63, 3.8) is 0 Å². The molecule has 1 heterocycles. The lowest BCUT2D eigenvalue weighted by atomic mass is 9.65. The summed E-state index contributed by atoms with van der Waals surface area (Å²) in [5.41, 5.74) is 6.28. The number of halogens is 1. The molecule has 7 heteroatoms. The maximum absolute atomic E-state index is 12.8. The van der Waals surface area contributed by atoms with Crippen molar-refractivity contribution in [1.29, 1.82) is 0 Å². The number of carbonyl (C=O) groups excluding carboxylic acids is 1. The Hall–Kier alpha value is -0.330. The molecule has 2 saturated carbocycles. The minimum atomic E-state index is -2.97. The van der Waals surface area contributed by atoms with E-state index in [9.17, 15) is 13.2 Å². The van der Waals surface area contributed by atoms with Gasteiger partial charge in [0.05, 0.1) is 11.5 Å². The van der Waals surface area contributed by atoms with E-state index >= 15 is 0 Å². The molecule has 1 saturated heterocycles. The number of fused-ring (bicyclic) bond motifs is 2. The average molecular weight is 351 g/mol. The number of nitrogens with zero attached hydrogens (tertiary/aromatic N) is 1. The highest BCUT2D eigenvalue weighted by molar-refractivity contribution is 7.91. The third-order valence-electron chi connectivity index (χ3n) is 5.72. The Kier molecular flexibility index (Phi) is 5.45. The highest BCUT2D eigenvalue weighted by atomic mass is 35.5. The average Bonchev–Trinajstić information content (AvgIpc) is 2.36. The van der Waals surface area contributed by atoms with Gasteiger partial charge in [-0.1, -0.05) is 6.42 Å². The molecule has 1 amide bonds. The predicted molar refractivity (Wildman–Crippen MR) is 88.6 cm³/mol. The van der Waals surface area contributed by atoms with Crippen molar-refractivity contribution in [2.75, 3.05) is 18.1 Å². The fourth-order valence-electron chi connectivity index (χ4n) is 4.55. The molecule has 0 aromatic carbocycles. The van der Waals surface area contributed by atoms with Crippen LogP contribution in [0.4, 0.5) is 0 Å². The Bertz CT molecular complexity index is 511. The fourth-order valence-corrected chi connectivity index (χ4v) is 6.11. The van der Waals surface area contributed by atoms with Crippen molar-refractivity contribution >= 4 is 28.2 Å². The number of hydrogen-bond acceptors (Lipinski definition) is 4. The van der Waals surface area contributed by atoms with E-state index in [-0.39, 0.29) is 47.8 Å². The first-order valence-electron chi connectivity index (χ1n) is 8.14. The summed E-state index contributed by atoms with van der Waals surface area (Å²) in [6.07, 6.45) is 5.32. The van der Waals surface area contributed by atoms with Crippen molar-refractivity contribution < 1.29 is 13.2 Å². The maximum atomic E-state index is 12.8. The van der Waals surface area contributed by atoms with Crippen LogP contribution in [0.25, 0.3) is 0 Å². The lowest BCUT2D eigenvalue weighted by Crippen LogP contribution is -2.54. The van der Waals surface area contributed by atoms with Gasteiger partial charge in [-0.05, 0) is 44.4 Å². The van der Waals surface area contributed by atoms with Crippen molar-refractivity contribution in [1.82, 2.24) is 4.90 Å². The lowest BCUT2D eigenvalue weighted by Gasteiger charge is -2.45. The molecule has 2 bridgehead atoms. The molecule has 22 heavy (non-hydrogen) atoms. The summed E-state index contributed by atoms with van der Waals surface area (Å²) in [5.74, 6) is 1.41. The molecule has 0 spiro atoms. The van der Waals surface area contributed by atoms with Gasteiger partial charge in [0.15, 0.2) is 9.84 Å². The normalized spacial score (nSPS) is 40.6. The van der Waals surface area contributed by atoms with E-state index in [2.05, 4.69) is 0 Å². The number of hydrogen-bond donors (Lipinski definition) is 1. The van der Waals surface area contributed by atoms with E-state index in [0.717, 1.165) is 25.7 Å². The maximum Gasteiger partial charge on any atom is 0.226 e. The summed E-state index contributed by atoms with van der Waals surface area (Å²) >= 11 is 0. The van der Waals surface area contributed by atoms with Gasteiger partial charge >= 0.3 is 0 Å². The Morgan fingerprint density at radius 3 is 2.32 bits per heavy atom. The van der Waals surface area contributed by atoms with Crippen molar-refractivity contribution in [3.05, 3.63) is 0 Å². The standard InChI is InChI=1S/C15H26N2O3S.ClH/c1-10-9-21(19,20)6-5-17(10)15(18)13-7-11-3-2-4-12(8-13)14(11)16;/h10-14H,2-9,16H2,1H3;1H. The van der Waals surface area contributed by atoms with Crippen LogP contribution in [-0.2, 0) is 14.6 Å². The third kappa shape index (κ3) is 3.44. The van der Waals surface area contributed by atoms with Crippen LogP contribution in [0.2, 0.25) is 0 Å². The molecular weight excluding hydrogens is 324 g/mol. The molecule has 5 nitrogen and oxygen atoms in total. The van der Waals surface area contributed by atoms with Crippen LogP contribution in [0, 0.1) is 17.8 Å². The smallest absolute Gasteiger partial charge is 0.226 e. The van der Waals surface area contributed by atoms with Gasteiger partial charge in [-0.15, -0.1) is 12.4 Å². The summed E-state index contributed by atoms with van der Waals surface area (Å²) in [7, 11) is -2.97. The number of carbonyl (C=O) groups is 1. The van der Waals surface area contributed by atoms with E-state index in [1.54, 1.807) is 4.90 Å². The highest BCUT2D eigenvalue weighted by Crippen LogP contribution is 2.42. The zero-order chi connectivity index (χ0) is 15.2. The number of amides is 1. The molecule has 3 aliphatic rings. The summed E-state index contributed by atoms with van der Waals surface area (Å²) in [6, 6.07) is 0.0775. The summed E-state index contributed by atoms with van der Waals surface area (Å²) in [4.78, 5) is 14.6. The van der Waals surface area contributed by atoms with Crippen molar-refractivity contribution in [2.24, 2.45) is 23.5 Å². The van der Waals surface area contributed by atoms with E-state index in [1.807, 2.05) is 6.92 Å². The molecule has 3 rings (SSSR count). The third-order valence-corrected chi connectivity index (χ3v) is 7.51. The first-order valence-corrected chi connectivity index (χ1v) is 9.96. The zero-order valence-electron chi connectivity index (χ0n) is 13.1. The van der Waals surface area contributed by atoms with Crippen LogP contribution in [0.3, 0.4) is 0 Å². The van der Waals surface area contributed by atoms with Gasteiger partial charge in [0.1, 0.15) is 0 Å². The quantitative estimate of drug-likeness (QED) is 0.770. The Morgan fingerprint density at radius 1 is 1.18 bits per heavy atom. The van der Waals surface area contributed by atoms with Gasteiger partial charge in [0, 0.05) is 24.5 Å². The molecule has 3 fully saturated rings. The van der Waals surface area contributed by atoms with Gasteiger partial charge in [0.25, 0.3) is 0 Å². The SMILES string of the molecule is CC1CS(=O)(=O)CCN1C(=O)C1CC2CCCC(C1)C2N.Cl. The number of rotatable bonds is 1. The highest BCUT2D eigenvalue weighted by Gasteiger charge is 2.43. The molecule has 2 N–H and O–H groups in total. The number of nitrogens with two attached hydrogens (primary N) is 1. The fraction of sp³-hybridized carbons (Fsp3) is 0.933. The van der Waals surface area contributed by atoms with Gasteiger partial charge in [-0.2, -0.15) is 0 Å². The zero-order valence-corrected chi connectivity index (χ0v) is 14.7. The molecule has 3 unspecified atom stereocenters. The van der Waals surface area contributed by atoms with E-state index in [0.29, 0.717) is 18.4 Å². The minimum absolute atomic E-state index is 0. The largest absolute Gasteiger partial charge is 0.338 e. The molecule has 0 radical (unpaired) electrons. The molecule has 128 valence electrons. The van der Waals surface area contributed by atoms with Gasteiger partial charge in [0.2, 0.25) is 5.91 Å². The summed E-state index contributed by atoms with van der Waals surface area (Å²) in [5, 5.41) is 0. The second-order valence-corrected chi connectivity index (χ2v) is 9.42. The molecule has 1 aliphatic heterocycles. The molecular formula is C15H27ClN2O3S. The van der Waals surface area contributed by atoms with E-state index < -0.39 is 9.84 Å². The first kappa shape index (κ1) is 18.0. The first-order chi connectivity index (χ1) is 9.87. The topological polar surface area (TPSA) is 80.5 Å². The van der Waals surface area contributed by atoms with Gasteiger partial charge in [-0.3, -0.25) is 4.79 Å². The monoisotopic (exact) mass is 350 g/mol. The predicted octanol–water partition coefficient (Wildman–Crippen LogP) is 1.21. The Morgan fingerprint density at radius 2 is 1.77 bits per heavy atom. The summed E-state index contributed by atoms with van der Waals surface area (Å²) < 4.78 is 23.3. The van der Waals surface area contributed by atoms with Gasteiger partial charge < -0.3 is 10.6 Å². The Labute approximate surface area is 139 Å². The van der Waals surface area contributed by atoms with Crippen LogP contribution >= 0.6 is 12.4 Å². The number of sulfone groups is 1. The lowest BCUT2D eigenvalue weighted by molar-refractivity contribution is -0.140. The molecule has 3 atom stereocenters. The molecule has 0 aromatic heterocycles. The summed E-state index contributed by atoms with van der Waals surface area (Å²) in [6.45, 7) is 2.21. The van der Waals surface area contributed by atoms with Crippen LogP contribution in [0.1, 0.15) is 39.0 Å².